The Morgan fingerprint density at radius 1 is 0.800 bits per heavy atom. The first-order valence-corrected chi connectivity index (χ1v) is 7.81. The van der Waals surface area contributed by atoms with E-state index in [1.807, 2.05) is 13.8 Å². The van der Waals surface area contributed by atoms with Crippen molar-refractivity contribution in [2.24, 2.45) is 0 Å². The van der Waals surface area contributed by atoms with E-state index in [-0.39, 0.29) is 10.8 Å². The van der Waals surface area contributed by atoms with Crippen molar-refractivity contribution in [3.63, 3.8) is 0 Å². The molecule has 0 heterocycles. The van der Waals surface area contributed by atoms with Gasteiger partial charge in [-0.25, -0.2) is 0 Å². The van der Waals surface area contributed by atoms with Crippen LogP contribution in [0.5, 0.6) is 0 Å². The van der Waals surface area contributed by atoms with E-state index in [0.717, 1.165) is 6.42 Å². The van der Waals surface area contributed by atoms with Gasteiger partial charge < -0.3 is 5.11 Å². The summed E-state index contributed by atoms with van der Waals surface area (Å²) in [4.78, 5) is 0. The lowest BCUT2D eigenvalue weighted by atomic mass is 9.74. The number of benzene rings is 1. The lowest BCUT2D eigenvalue weighted by molar-refractivity contribution is 0.0501. The SMILES string of the molecule is CCCC(C)(C)c1ccc(C(C)(C)CC(C)(C)O)cc1. The molecule has 0 aliphatic carbocycles. The first-order chi connectivity index (χ1) is 8.98. The first kappa shape index (κ1) is 17.2. The van der Waals surface area contributed by atoms with Crippen LogP contribution in [-0.4, -0.2) is 10.7 Å². The molecule has 114 valence electrons. The van der Waals surface area contributed by atoms with Crippen molar-refractivity contribution in [3.05, 3.63) is 35.4 Å². The Morgan fingerprint density at radius 2 is 1.20 bits per heavy atom. The van der Waals surface area contributed by atoms with Crippen LogP contribution in [-0.2, 0) is 10.8 Å². The van der Waals surface area contributed by atoms with Crippen molar-refractivity contribution in [2.75, 3.05) is 0 Å². The Morgan fingerprint density at radius 3 is 1.55 bits per heavy atom. The highest BCUT2D eigenvalue weighted by Gasteiger charge is 2.29. The van der Waals surface area contributed by atoms with E-state index in [2.05, 4.69) is 58.9 Å². The van der Waals surface area contributed by atoms with Gasteiger partial charge in [0.2, 0.25) is 0 Å². The van der Waals surface area contributed by atoms with Crippen molar-refractivity contribution in [3.8, 4) is 0 Å². The van der Waals surface area contributed by atoms with E-state index in [9.17, 15) is 5.11 Å². The summed E-state index contributed by atoms with van der Waals surface area (Å²) in [5, 5.41) is 10.1. The molecule has 0 spiro atoms. The summed E-state index contributed by atoms with van der Waals surface area (Å²) in [7, 11) is 0. The normalized spacial score (nSPS) is 13.6. The van der Waals surface area contributed by atoms with Crippen molar-refractivity contribution in [1.82, 2.24) is 0 Å². The monoisotopic (exact) mass is 276 g/mol. The molecule has 1 aromatic rings. The Hall–Kier alpha value is -0.820. The third kappa shape index (κ3) is 4.63. The predicted molar refractivity (Wildman–Crippen MR) is 88.3 cm³/mol. The molecule has 1 heteroatoms. The average Bonchev–Trinajstić information content (AvgIpc) is 2.26. The Balaban J connectivity index is 2.96. The minimum Gasteiger partial charge on any atom is -0.390 e. The van der Waals surface area contributed by atoms with Crippen LogP contribution in [0.25, 0.3) is 0 Å². The maximum Gasteiger partial charge on any atom is 0.0600 e. The number of rotatable bonds is 6. The number of hydrogen-bond donors (Lipinski definition) is 1. The fourth-order valence-corrected chi connectivity index (χ4v) is 3.33. The zero-order chi connectivity index (χ0) is 15.6. The Labute approximate surface area is 125 Å². The molecule has 0 bridgehead atoms. The van der Waals surface area contributed by atoms with Crippen LogP contribution in [0.2, 0.25) is 0 Å². The molecular formula is C19H32O. The molecule has 0 amide bonds. The van der Waals surface area contributed by atoms with Gasteiger partial charge >= 0.3 is 0 Å². The maximum absolute atomic E-state index is 10.1. The van der Waals surface area contributed by atoms with Gasteiger partial charge in [-0.15, -0.1) is 0 Å². The van der Waals surface area contributed by atoms with Gasteiger partial charge in [0.1, 0.15) is 0 Å². The fourth-order valence-electron chi connectivity index (χ4n) is 3.33. The van der Waals surface area contributed by atoms with E-state index in [1.165, 1.54) is 24.0 Å². The zero-order valence-electron chi connectivity index (χ0n) is 14.4. The van der Waals surface area contributed by atoms with E-state index >= 15 is 0 Å². The summed E-state index contributed by atoms with van der Waals surface area (Å²) >= 11 is 0. The summed E-state index contributed by atoms with van der Waals surface area (Å²) in [5.74, 6) is 0. The van der Waals surface area contributed by atoms with Crippen LogP contribution < -0.4 is 0 Å². The molecule has 0 unspecified atom stereocenters. The van der Waals surface area contributed by atoms with Crippen LogP contribution in [0.4, 0.5) is 0 Å². The van der Waals surface area contributed by atoms with Crippen molar-refractivity contribution in [2.45, 2.75) is 84.2 Å². The van der Waals surface area contributed by atoms with Crippen LogP contribution in [0.1, 0.15) is 78.9 Å². The average molecular weight is 276 g/mol. The van der Waals surface area contributed by atoms with Crippen LogP contribution in [0, 0.1) is 0 Å². The first-order valence-electron chi connectivity index (χ1n) is 7.81. The van der Waals surface area contributed by atoms with E-state index in [0.29, 0.717) is 0 Å². The molecule has 1 aromatic carbocycles. The molecule has 0 aromatic heterocycles. The van der Waals surface area contributed by atoms with E-state index < -0.39 is 5.60 Å². The molecule has 1 rings (SSSR count). The van der Waals surface area contributed by atoms with E-state index in [1.54, 1.807) is 0 Å². The highest BCUT2D eigenvalue weighted by molar-refractivity contribution is 5.32. The summed E-state index contributed by atoms with van der Waals surface area (Å²) in [5.41, 5.74) is 2.31. The predicted octanol–water partition coefficient (Wildman–Crippen LogP) is 5.20. The minimum absolute atomic E-state index is 0.00825. The number of aliphatic hydroxyl groups is 1. The summed E-state index contributed by atoms with van der Waals surface area (Å²) in [6.07, 6.45) is 3.18. The molecule has 0 fully saturated rings. The largest absolute Gasteiger partial charge is 0.390 e. The van der Waals surface area contributed by atoms with E-state index in [4.69, 9.17) is 0 Å². The van der Waals surface area contributed by atoms with Gasteiger partial charge in [-0.2, -0.15) is 0 Å². The van der Waals surface area contributed by atoms with Crippen molar-refractivity contribution < 1.29 is 5.11 Å². The minimum atomic E-state index is -0.635. The van der Waals surface area contributed by atoms with Crippen LogP contribution in [0.15, 0.2) is 24.3 Å². The fraction of sp³-hybridized carbons (Fsp3) is 0.684. The molecule has 0 aliphatic rings. The van der Waals surface area contributed by atoms with Gasteiger partial charge in [-0.1, -0.05) is 65.3 Å². The van der Waals surface area contributed by atoms with Gasteiger partial charge in [0.25, 0.3) is 0 Å². The molecule has 0 saturated heterocycles. The van der Waals surface area contributed by atoms with Crippen molar-refractivity contribution in [1.29, 1.82) is 0 Å². The second-order valence-corrected chi connectivity index (χ2v) is 8.08. The third-order valence-corrected chi connectivity index (χ3v) is 4.20. The van der Waals surface area contributed by atoms with Gasteiger partial charge in [0.15, 0.2) is 0 Å². The quantitative estimate of drug-likeness (QED) is 0.757. The zero-order valence-corrected chi connectivity index (χ0v) is 14.4. The molecule has 0 atom stereocenters. The number of hydrogen-bond acceptors (Lipinski definition) is 1. The van der Waals surface area contributed by atoms with Gasteiger partial charge in [0, 0.05) is 0 Å². The second-order valence-electron chi connectivity index (χ2n) is 8.08. The van der Waals surface area contributed by atoms with Gasteiger partial charge in [-0.3, -0.25) is 0 Å². The lowest BCUT2D eigenvalue weighted by Crippen LogP contribution is -2.31. The third-order valence-electron chi connectivity index (χ3n) is 4.20. The van der Waals surface area contributed by atoms with Gasteiger partial charge in [-0.05, 0) is 48.6 Å². The highest BCUT2D eigenvalue weighted by Crippen LogP contribution is 2.34. The standard InChI is InChI=1S/C19H32O/c1-8-13-17(2,3)15-9-11-16(12-10-15)18(4,5)14-19(6,7)20/h9-12,20H,8,13-14H2,1-7H3. The van der Waals surface area contributed by atoms with Crippen LogP contribution in [0.3, 0.4) is 0 Å². The topological polar surface area (TPSA) is 20.2 Å². The highest BCUT2D eigenvalue weighted by atomic mass is 16.3. The molecule has 0 radical (unpaired) electrons. The van der Waals surface area contributed by atoms with Crippen LogP contribution >= 0.6 is 0 Å². The summed E-state index contributed by atoms with van der Waals surface area (Å²) in [6.45, 7) is 15.0. The lowest BCUT2D eigenvalue weighted by Gasteiger charge is -2.33. The maximum atomic E-state index is 10.1. The Kier molecular flexibility index (Phi) is 5.08. The summed E-state index contributed by atoms with van der Waals surface area (Å²) in [6, 6.07) is 8.99. The molecule has 20 heavy (non-hydrogen) atoms. The van der Waals surface area contributed by atoms with Gasteiger partial charge in [0.05, 0.1) is 5.60 Å². The van der Waals surface area contributed by atoms with Crippen molar-refractivity contribution >= 4 is 0 Å². The Bertz CT molecular complexity index is 418. The molecule has 1 N–H and O–H groups in total. The molecular weight excluding hydrogens is 244 g/mol. The second kappa shape index (κ2) is 5.89. The molecule has 1 nitrogen and oxygen atoms in total. The molecule has 0 aliphatic heterocycles. The molecule has 0 saturated carbocycles. The smallest absolute Gasteiger partial charge is 0.0600 e. The summed E-state index contributed by atoms with van der Waals surface area (Å²) < 4.78 is 0.